The molecule has 0 radical (unpaired) electrons. The van der Waals surface area contributed by atoms with E-state index in [9.17, 15) is 4.79 Å². The fourth-order valence-corrected chi connectivity index (χ4v) is 4.45. The monoisotopic (exact) mass is 389 g/mol. The van der Waals surface area contributed by atoms with Crippen LogP contribution in [0.3, 0.4) is 0 Å². The van der Waals surface area contributed by atoms with Gasteiger partial charge in [0.05, 0.1) is 5.69 Å². The summed E-state index contributed by atoms with van der Waals surface area (Å²) in [4.78, 5) is 27.8. The molecule has 28 heavy (non-hydrogen) atoms. The van der Waals surface area contributed by atoms with Crippen molar-refractivity contribution in [2.24, 2.45) is 0 Å². The third kappa shape index (κ3) is 3.39. The molecule has 1 unspecified atom stereocenters. The number of benzene rings is 1. The number of pyridine rings is 1. The second-order valence-electron chi connectivity index (χ2n) is 6.54. The first-order valence-electron chi connectivity index (χ1n) is 8.96. The largest absolute Gasteiger partial charge is 0.447 e. The van der Waals surface area contributed by atoms with Crippen LogP contribution in [-0.2, 0) is 4.74 Å². The molecular weight excluding hydrogens is 370 g/mol. The van der Waals surface area contributed by atoms with Gasteiger partial charge in [-0.25, -0.2) is 14.8 Å². The van der Waals surface area contributed by atoms with E-state index in [0.29, 0.717) is 16.4 Å². The zero-order chi connectivity index (χ0) is 19.7. The Morgan fingerprint density at radius 3 is 2.46 bits per heavy atom. The van der Waals surface area contributed by atoms with Gasteiger partial charge >= 0.3 is 5.97 Å². The number of rotatable bonds is 4. The van der Waals surface area contributed by atoms with E-state index >= 15 is 0 Å². The van der Waals surface area contributed by atoms with Gasteiger partial charge in [0, 0.05) is 17.3 Å². The molecule has 3 aromatic heterocycles. The molecule has 0 spiro atoms. The first kappa shape index (κ1) is 18.3. The SMILES string of the molecule is Cc1nc(C)c2c(C)c(C(=O)OC(c3ccccc3)c3ccccn3)sc2n1. The van der Waals surface area contributed by atoms with Crippen LogP contribution in [0.2, 0.25) is 0 Å². The molecule has 4 rings (SSSR count). The molecule has 0 amide bonds. The first-order valence-corrected chi connectivity index (χ1v) is 9.77. The van der Waals surface area contributed by atoms with Crippen LogP contribution in [0.1, 0.15) is 44.1 Å². The Balaban J connectivity index is 1.74. The molecule has 0 N–H and O–H groups in total. The van der Waals surface area contributed by atoms with Gasteiger partial charge in [0.1, 0.15) is 15.5 Å². The number of hydrogen-bond acceptors (Lipinski definition) is 6. The molecule has 0 aliphatic rings. The van der Waals surface area contributed by atoms with E-state index in [4.69, 9.17) is 4.74 Å². The topological polar surface area (TPSA) is 65.0 Å². The molecule has 0 fully saturated rings. The molecule has 140 valence electrons. The number of fused-ring (bicyclic) bond motifs is 1. The zero-order valence-corrected chi connectivity index (χ0v) is 16.7. The van der Waals surface area contributed by atoms with Gasteiger partial charge in [-0.15, -0.1) is 11.3 Å². The maximum Gasteiger partial charge on any atom is 0.349 e. The minimum absolute atomic E-state index is 0.378. The fraction of sp³-hybridized carbons (Fsp3) is 0.182. The molecule has 4 aromatic rings. The standard InChI is InChI=1S/C22H19N3O2S/c1-13-18-14(2)24-15(3)25-21(18)28-20(13)22(26)27-19(16-9-5-4-6-10-16)17-11-7-8-12-23-17/h4-12,19H,1-3H3. The Labute approximate surface area is 167 Å². The summed E-state index contributed by atoms with van der Waals surface area (Å²) in [5.41, 5.74) is 3.29. The van der Waals surface area contributed by atoms with E-state index in [1.807, 2.05) is 69.3 Å². The molecule has 5 nitrogen and oxygen atoms in total. The minimum Gasteiger partial charge on any atom is -0.447 e. The van der Waals surface area contributed by atoms with Gasteiger partial charge in [0.25, 0.3) is 0 Å². The molecule has 6 heteroatoms. The molecule has 0 saturated heterocycles. The van der Waals surface area contributed by atoms with Crippen LogP contribution in [0, 0.1) is 20.8 Å². The molecule has 3 heterocycles. The van der Waals surface area contributed by atoms with Gasteiger partial charge < -0.3 is 4.74 Å². The van der Waals surface area contributed by atoms with Crippen molar-refractivity contribution in [2.75, 3.05) is 0 Å². The summed E-state index contributed by atoms with van der Waals surface area (Å²) >= 11 is 1.35. The van der Waals surface area contributed by atoms with Crippen molar-refractivity contribution in [1.29, 1.82) is 0 Å². The zero-order valence-electron chi connectivity index (χ0n) is 15.8. The Bertz CT molecular complexity index is 1100. The summed E-state index contributed by atoms with van der Waals surface area (Å²) in [7, 11) is 0. The van der Waals surface area contributed by atoms with Gasteiger partial charge in [0.15, 0.2) is 6.10 Å². The van der Waals surface area contributed by atoms with Crippen molar-refractivity contribution in [3.05, 3.63) is 87.9 Å². The van der Waals surface area contributed by atoms with Crippen LogP contribution in [0.15, 0.2) is 54.7 Å². The van der Waals surface area contributed by atoms with E-state index in [-0.39, 0.29) is 5.97 Å². The number of thiophene rings is 1. The predicted molar refractivity (Wildman–Crippen MR) is 110 cm³/mol. The summed E-state index contributed by atoms with van der Waals surface area (Å²) in [6.45, 7) is 5.71. The highest BCUT2D eigenvalue weighted by Gasteiger charge is 2.25. The van der Waals surface area contributed by atoms with Gasteiger partial charge in [-0.3, -0.25) is 4.98 Å². The van der Waals surface area contributed by atoms with Crippen LogP contribution >= 0.6 is 11.3 Å². The molecule has 1 atom stereocenters. The highest BCUT2D eigenvalue weighted by molar-refractivity contribution is 7.20. The Morgan fingerprint density at radius 1 is 1.00 bits per heavy atom. The smallest absolute Gasteiger partial charge is 0.349 e. The van der Waals surface area contributed by atoms with Crippen LogP contribution < -0.4 is 0 Å². The van der Waals surface area contributed by atoms with E-state index < -0.39 is 6.10 Å². The molecule has 1 aromatic carbocycles. The Hall–Kier alpha value is -3.12. The van der Waals surface area contributed by atoms with E-state index in [1.165, 1.54) is 11.3 Å². The molecule has 0 aliphatic carbocycles. The van der Waals surface area contributed by atoms with Gasteiger partial charge in [-0.05, 0) is 44.0 Å². The lowest BCUT2D eigenvalue weighted by Crippen LogP contribution is -2.14. The molecule has 0 bridgehead atoms. The number of carbonyl (C=O) groups is 1. The van der Waals surface area contributed by atoms with Gasteiger partial charge in [-0.2, -0.15) is 0 Å². The predicted octanol–water partition coefficient (Wildman–Crippen LogP) is 4.96. The van der Waals surface area contributed by atoms with Crippen molar-refractivity contribution < 1.29 is 9.53 Å². The van der Waals surface area contributed by atoms with Gasteiger partial charge in [0.2, 0.25) is 0 Å². The average molecular weight is 389 g/mol. The maximum atomic E-state index is 13.1. The average Bonchev–Trinajstić information content (AvgIpc) is 3.04. The van der Waals surface area contributed by atoms with Crippen molar-refractivity contribution in [2.45, 2.75) is 26.9 Å². The van der Waals surface area contributed by atoms with Crippen molar-refractivity contribution in [1.82, 2.24) is 15.0 Å². The second kappa shape index (κ2) is 7.48. The fourth-order valence-electron chi connectivity index (χ4n) is 3.29. The highest BCUT2D eigenvalue weighted by atomic mass is 32.1. The van der Waals surface area contributed by atoms with Crippen LogP contribution in [0.25, 0.3) is 10.2 Å². The molecule has 0 saturated carbocycles. The number of aromatic nitrogens is 3. The summed E-state index contributed by atoms with van der Waals surface area (Å²) in [5, 5.41) is 0.927. The molecular formula is C22H19N3O2S. The lowest BCUT2D eigenvalue weighted by atomic mass is 10.1. The van der Waals surface area contributed by atoms with E-state index in [2.05, 4.69) is 15.0 Å². The molecule has 0 aliphatic heterocycles. The van der Waals surface area contributed by atoms with Crippen molar-refractivity contribution in [3.8, 4) is 0 Å². The van der Waals surface area contributed by atoms with Crippen LogP contribution in [0.4, 0.5) is 0 Å². The highest BCUT2D eigenvalue weighted by Crippen LogP contribution is 2.34. The van der Waals surface area contributed by atoms with Crippen LogP contribution in [0.5, 0.6) is 0 Å². The van der Waals surface area contributed by atoms with E-state index in [0.717, 1.165) is 27.0 Å². The maximum absolute atomic E-state index is 13.1. The van der Waals surface area contributed by atoms with Crippen molar-refractivity contribution in [3.63, 3.8) is 0 Å². The number of carbonyl (C=O) groups excluding carboxylic acids is 1. The summed E-state index contributed by atoms with van der Waals surface area (Å²) in [6, 6.07) is 15.2. The number of nitrogens with zero attached hydrogens (tertiary/aromatic N) is 3. The third-order valence-corrected chi connectivity index (χ3v) is 5.72. The van der Waals surface area contributed by atoms with E-state index in [1.54, 1.807) is 6.20 Å². The van der Waals surface area contributed by atoms with Gasteiger partial charge in [-0.1, -0.05) is 36.4 Å². The quantitative estimate of drug-likeness (QED) is 0.462. The Morgan fingerprint density at radius 2 is 1.75 bits per heavy atom. The minimum atomic E-state index is -0.576. The normalized spacial score (nSPS) is 12.1. The second-order valence-corrected chi connectivity index (χ2v) is 7.54. The van der Waals surface area contributed by atoms with Crippen LogP contribution in [-0.4, -0.2) is 20.9 Å². The Kier molecular flexibility index (Phi) is 4.88. The number of ether oxygens (including phenoxy) is 1. The summed E-state index contributed by atoms with van der Waals surface area (Å²) in [5.74, 6) is 0.318. The summed E-state index contributed by atoms with van der Waals surface area (Å²) in [6.07, 6.45) is 1.12. The third-order valence-electron chi connectivity index (χ3n) is 4.55. The number of aryl methyl sites for hydroxylation is 3. The lowest BCUT2D eigenvalue weighted by molar-refractivity contribution is 0.0376. The number of hydrogen-bond donors (Lipinski definition) is 0. The first-order chi connectivity index (χ1) is 13.5. The lowest BCUT2D eigenvalue weighted by Gasteiger charge is -2.17. The summed E-state index contributed by atoms with van der Waals surface area (Å²) < 4.78 is 5.95. The number of esters is 1. The van der Waals surface area contributed by atoms with Crippen molar-refractivity contribution >= 4 is 27.5 Å².